The van der Waals surface area contributed by atoms with Crippen molar-refractivity contribution < 1.29 is 13.5 Å². The lowest BCUT2D eigenvalue weighted by Crippen LogP contribution is -1.99. The van der Waals surface area contributed by atoms with Crippen LogP contribution in [-0.2, 0) is 6.61 Å². The Balaban J connectivity index is 1.47. The highest BCUT2D eigenvalue weighted by molar-refractivity contribution is 5.53. The van der Waals surface area contributed by atoms with Crippen molar-refractivity contribution in [2.75, 3.05) is 0 Å². The van der Waals surface area contributed by atoms with E-state index in [1.807, 2.05) is 24.4 Å². The number of ether oxygens (including phenoxy) is 1. The van der Waals surface area contributed by atoms with Crippen molar-refractivity contribution in [1.29, 1.82) is 0 Å². The Bertz CT molecular complexity index is 811. The van der Waals surface area contributed by atoms with Gasteiger partial charge in [0.25, 0.3) is 5.92 Å². The van der Waals surface area contributed by atoms with Crippen molar-refractivity contribution in [3.05, 3.63) is 66.0 Å². The molecule has 4 rings (SSSR count). The molecule has 1 aliphatic rings. The van der Waals surface area contributed by atoms with Gasteiger partial charge in [0.15, 0.2) is 0 Å². The van der Waals surface area contributed by atoms with E-state index in [1.165, 1.54) is 0 Å². The van der Waals surface area contributed by atoms with E-state index in [9.17, 15) is 8.78 Å². The topological polar surface area (TPSA) is 26.5 Å². The monoisotopic (exact) mass is 300 g/mol. The Labute approximate surface area is 126 Å². The summed E-state index contributed by atoms with van der Waals surface area (Å²) in [7, 11) is 0. The van der Waals surface area contributed by atoms with Crippen LogP contribution >= 0.6 is 0 Å². The van der Waals surface area contributed by atoms with Gasteiger partial charge in [-0.05, 0) is 29.8 Å². The molecule has 1 atom stereocenters. The molecule has 0 radical (unpaired) electrons. The van der Waals surface area contributed by atoms with Crippen LogP contribution in [0.5, 0.6) is 5.75 Å². The molecule has 1 saturated carbocycles. The van der Waals surface area contributed by atoms with Crippen LogP contribution in [0.4, 0.5) is 8.78 Å². The number of hydrogen-bond donors (Lipinski definition) is 0. The van der Waals surface area contributed by atoms with Gasteiger partial charge in [0.05, 0.1) is 11.4 Å². The average Bonchev–Trinajstić information content (AvgIpc) is 2.95. The number of hydrogen-bond acceptors (Lipinski definition) is 2. The molecule has 0 aliphatic heterocycles. The van der Waals surface area contributed by atoms with Gasteiger partial charge in [-0.15, -0.1) is 0 Å². The van der Waals surface area contributed by atoms with Gasteiger partial charge in [0, 0.05) is 24.4 Å². The van der Waals surface area contributed by atoms with E-state index in [4.69, 9.17) is 4.74 Å². The van der Waals surface area contributed by atoms with Crippen molar-refractivity contribution >= 4 is 5.52 Å². The van der Waals surface area contributed by atoms with Crippen LogP contribution in [0.3, 0.4) is 0 Å². The van der Waals surface area contributed by atoms with E-state index in [-0.39, 0.29) is 6.42 Å². The summed E-state index contributed by atoms with van der Waals surface area (Å²) < 4.78 is 33.6. The van der Waals surface area contributed by atoms with E-state index >= 15 is 0 Å². The molecule has 1 aliphatic carbocycles. The lowest BCUT2D eigenvalue weighted by molar-refractivity contribution is 0.112. The number of pyridine rings is 1. The second-order valence-corrected chi connectivity index (χ2v) is 5.57. The molecular weight excluding hydrogens is 286 g/mol. The lowest BCUT2D eigenvalue weighted by Gasteiger charge is -2.08. The Morgan fingerprint density at radius 1 is 1.18 bits per heavy atom. The van der Waals surface area contributed by atoms with E-state index < -0.39 is 11.8 Å². The summed E-state index contributed by atoms with van der Waals surface area (Å²) in [6.45, 7) is 0.412. The summed E-state index contributed by atoms with van der Waals surface area (Å²) in [5.41, 5.74) is 2.70. The lowest BCUT2D eigenvalue weighted by atomic mass is 10.1. The van der Waals surface area contributed by atoms with Gasteiger partial charge < -0.3 is 4.74 Å². The fraction of sp³-hybridized carbons (Fsp3) is 0.235. The Hall–Kier alpha value is -2.43. The summed E-state index contributed by atoms with van der Waals surface area (Å²) in [5, 5.41) is 4.18. The average molecular weight is 300 g/mol. The van der Waals surface area contributed by atoms with Gasteiger partial charge in [-0.1, -0.05) is 18.2 Å². The number of nitrogens with zero attached hydrogens (tertiary/aromatic N) is 2. The zero-order valence-corrected chi connectivity index (χ0v) is 11.7. The molecule has 112 valence electrons. The zero-order valence-electron chi connectivity index (χ0n) is 11.7. The predicted octanol–water partition coefficient (Wildman–Crippen LogP) is 4.04. The first-order chi connectivity index (χ1) is 10.6. The molecule has 3 nitrogen and oxygen atoms in total. The Morgan fingerprint density at radius 2 is 1.95 bits per heavy atom. The maximum absolute atomic E-state index is 13.0. The summed E-state index contributed by atoms with van der Waals surface area (Å²) in [6, 6.07) is 12.8. The fourth-order valence-corrected chi connectivity index (χ4v) is 2.67. The maximum Gasteiger partial charge on any atom is 0.255 e. The minimum absolute atomic E-state index is 0.0452. The Morgan fingerprint density at radius 3 is 2.68 bits per heavy atom. The standard InChI is InChI=1S/C17H14F2N2O/c18-17(19)10-15(17)12-3-5-14(6-4-12)22-11-13-2-1-9-21-16(13)7-8-20-21/h1-9,15H,10-11H2. The molecule has 2 aromatic heterocycles. The third-order valence-electron chi connectivity index (χ3n) is 4.03. The number of halogens is 2. The highest BCUT2D eigenvalue weighted by Gasteiger charge is 2.57. The second-order valence-electron chi connectivity index (χ2n) is 5.57. The second kappa shape index (κ2) is 4.80. The maximum atomic E-state index is 13.0. The van der Waals surface area contributed by atoms with Crippen LogP contribution in [-0.4, -0.2) is 15.5 Å². The van der Waals surface area contributed by atoms with Gasteiger partial charge in [-0.2, -0.15) is 5.10 Å². The molecule has 1 fully saturated rings. The van der Waals surface area contributed by atoms with Gasteiger partial charge >= 0.3 is 0 Å². The van der Waals surface area contributed by atoms with Crippen molar-refractivity contribution in [2.45, 2.75) is 24.9 Å². The largest absolute Gasteiger partial charge is 0.489 e. The third kappa shape index (κ3) is 2.32. The summed E-state index contributed by atoms with van der Waals surface area (Å²) in [4.78, 5) is 0. The van der Waals surface area contributed by atoms with Crippen molar-refractivity contribution in [3.63, 3.8) is 0 Å². The van der Waals surface area contributed by atoms with Gasteiger partial charge in [0.2, 0.25) is 0 Å². The third-order valence-corrected chi connectivity index (χ3v) is 4.03. The van der Waals surface area contributed by atoms with Crippen LogP contribution in [0, 0.1) is 0 Å². The normalized spacial score (nSPS) is 19.3. The van der Waals surface area contributed by atoms with Gasteiger partial charge in [-0.25, -0.2) is 13.3 Å². The molecule has 5 heteroatoms. The van der Waals surface area contributed by atoms with E-state index in [0.717, 1.165) is 11.1 Å². The van der Waals surface area contributed by atoms with Gasteiger partial charge in [-0.3, -0.25) is 0 Å². The summed E-state index contributed by atoms with van der Waals surface area (Å²) in [6.07, 6.45) is 3.57. The van der Waals surface area contributed by atoms with E-state index in [0.29, 0.717) is 17.9 Å². The molecule has 1 unspecified atom stereocenters. The minimum atomic E-state index is -2.53. The highest BCUT2D eigenvalue weighted by Crippen LogP contribution is 2.55. The SMILES string of the molecule is FC1(F)CC1c1ccc(OCc2cccn3nccc23)cc1. The quantitative estimate of drug-likeness (QED) is 0.727. The number of rotatable bonds is 4. The first kappa shape index (κ1) is 13.2. The zero-order chi connectivity index (χ0) is 15.2. The molecular formula is C17H14F2N2O. The summed E-state index contributed by atoms with van der Waals surface area (Å²) in [5.74, 6) is -2.48. The van der Waals surface area contributed by atoms with E-state index in [2.05, 4.69) is 5.10 Å². The van der Waals surface area contributed by atoms with Crippen LogP contribution in [0.2, 0.25) is 0 Å². The van der Waals surface area contributed by atoms with Crippen molar-refractivity contribution in [1.82, 2.24) is 9.61 Å². The molecule has 22 heavy (non-hydrogen) atoms. The van der Waals surface area contributed by atoms with Crippen molar-refractivity contribution in [3.8, 4) is 5.75 Å². The molecule has 1 aromatic carbocycles. The fourth-order valence-electron chi connectivity index (χ4n) is 2.67. The first-order valence-electron chi connectivity index (χ1n) is 7.15. The Kier molecular flexibility index (Phi) is 2.89. The highest BCUT2D eigenvalue weighted by atomic mass is 19.3. The number of alkyl halides is 2. The number of fused-ring (bicyclic) bond motifs is 1. The molecule has 0 saturated heterocycles. The minimum Gasteiger partial charge on any atom is -0.489 e. The number of aromatic nitrogens is 2. The van der Waals surface area contributed by atoms with Crippen molar-refractivity contribution in [2.24, 2.45) is 0 Å². The number of benzene rings is 1. The van der Waals surface area contributed by atoms with Gasteiger partial charge in [0.1, 0.15) is 12.4 Å². The smallest absolute Gasteiger partial charge is 0.255 e. The van der Waals surface area contributed by atoms with Crippen LogP contribution < -0.4 is 4.74 Å². The van der Waals surface area contributed by atoms with Crippen LogP contribution in [0.1, 0.15) is 23.5 Å². The van der Waals surface area contributed by atoms with Crippen LogP contribution in [0.25, 0.3) is 5.52 Å². The molecule has 3 aromatic rings. The molecule has 0 N–H and O–H groups in total. The first-order valence-corrected chi connectivity index (χ1v) is 7.15. The molecule has 0 amide bonds. The molecule has 0 spiro atoms. The van der Waals surface area contributed by atoms with E-state index in [1.54, 1.807) is 35.0 Å². The van der Waals surface area contributed by atoms with Crippen LogP contribution in [0.15, 0.2) is 54.9 Å². The summed E-state index contributed by atoms with van der Waals surface area (Å²) >= 11 is 0. The molecule has 2 heterocycles. The molecule has 0 bridgehead atoms. The predicted molar refractivity (Wildman–Crippen MR) is 78.3 cm³/mol.